The van der Waals surface area contributed by atoms with Gasteiger partial charge in [-0.05, 0) is 36.8 Å². The summed E-state index contributed by atoms with van der Waals surface area (Å²) in [6, 6.07) is 8.21. The van der Waals surface area contributed by atoms with E-state index in [9.17, 15) is 4.79 Å². The zero-order chi connectivity index (χ0) is 13.8. The maximum absolute atomic E-state index is 12.2. The number of hydrogen-bond acceptors (Lipinski definition) is 3. The molecule has 0 aliphatic carbocycles. The summed E-state index contributed by atoms with van der Waals surface area (Å²) in [6.07, 6.45) is 4.33. The summed E-state index contributed by atoms with van der Waals surface area (Å²) in [5.41, 5.74) is 2.58. The molecule has 1 aromatic carbocycles. The summed E-state index contributed by atoms with van der Waals surface area (Å²) in [6.45, 7) is 2.36. The highest BCUT2D eigenvalue weighted by Gasteiger charge is 2.24. The maximum Gasteiger partial charge on any atom is 0.237 e. The van der Waals surface area contributed by atoms with Gasteiger partial charge >= 0.3 is 0 Å². The van der Waals surface area contributed by atoms with Crippen LogP contribution >= 0.6 is 0 Å². The molecule has 1 amide bonds. The Balaban J connectivity index is 1.46. The Bertz CT molecular complexity index is 469. The molecule has 2 heterocycles. The third-order valence-electron chi connectivity index (χ3n) is 4.19. The van der Waals surface area contributed by atoms with Gasteiger partial charge in [0.15, 0.2) is 0 Å². The van der Waals surface area contributed by atoms with E-state index < -0.39 is 0 Å². The lowest BCUT2D eigenvalue weighted by Crippen LogP contribution is -2.48. The summed E-state index contributed by atoms with van der Waals surface area (Å²) in [5.74, 6) is 0.109. The third kappa shape index (κ3) is 3.19. The highest BCUT2D eigenvalue weighted by molar-refractivity contribution is 5.82. The number of rotatable bonds is 4. The van der Waals surface area contributed by atoms with Crippen molar-refractivity contribution in [2.24, 2.45) is 0 Å². The fourth-order valence-electron chi connectivity index (χ4n) is 2.99. The fraction of sp³-hybridized carbons (Fsp3) is 0.562. The van der Waals surface area contributed by atoms with E-state index in [4.69, 9.17) is 4.74 Å². The van der Waals surface area contributed by atoms with Crippen molar-refractivity contribution in [3.63, 3.8) is 0 Å². The number of carbonyl (C=O) groups excluding carboxylic acids is 1. The average molecular weight is 274 g/mol. The van der Waals surface area contributed by atoms with Gasteiger partial charge in [0.05, 0.1) is 12.1 Å². The van der Waals surface area contributed by atoms with E-state index in [0.29, 0.717) is 12.6 Å². The molecule has 20 heavy (non-hydrogen) atoms. The van der Waals surface area contributed by atoms with Crippen molar-refractivity contribution in [3.05, 3.63) is 35.4 Å². The smallest absolute Gasteiger partial charge is 0.237 e. The zero-order valence-electron chi connectivity index (χ0n) is 11.7. The monoisotopic (exact) mass is 274 g/mol. The van der Waals surface area contributed by atoms with Crippen LogP contribution in [0.2, 0.25) is 0 Å². The van der Waals surface area contributed by atoms with Gasteiger partial charge in [-0.3, -0.25) is 4.79 Å². The maximum atomic E-state index is 12.2. The van der Waals surface area contributed by atoms with Gasteiger partial charge in [-0.25, -0.2) is 0 Å². The molecule has 4 nitrogen and oxygen atoms in total. The summed E-state index contributed by atoms with van der Waals surface area (Å²) >= 11 is 0. The molecule has 0 radical (unpaired) electrons. The SMILES string of the molecule is O=C(NCCC1CCCO1)[C@H]1Cc2ccccc2CN1. The fourth-order valence-corrected chi connectivity index (χ4v) is 2.99. The molecule has 2 N–H and O–H groups in total. The first-order chi connectivity index (χ1) is 9.83. The van der Waals surface area contributed by atoms with Gasteiger partial charge in [-0.15, -0.1) is 0 Å². The first-order valence-corrected chi connectivity index (χ1v) is 7.52. The molecule has 3 rings (SSSR count). The van der Waals surface area contributed by atoms with Gasteiger partial charge < -0.3 is 15.4 Å². The Morgan fingerprint density at radius 1 is 1.35 bits per heavy atom. The van der Waals surface area contributed by atoms with Crippen LogP contribution in [0.4, 0.5) is 0 Å². The molecule has 2 atom stereocenters. The van der Waals surface area contributed by atoms with Crippen LogP contribution < -0.4 is 10.6 Å². The van der Waals surface area contributed by atoms with Gasteiger partial charge in [-0.1, -0.05) is 24.3 Å². The molecule has 108 valence electrons. The van der Waals surface area contributed by atoms with Crippen molar-refractivity contribution >= 4 is 5.91 Å². The minimum absolute atomic E-state index is 0.102. The second-order valence-corrected chi connectivity index (χ2v) is 5.62. The van der Waals surface area contributed by atoms with E-state index in [1.165, 1.54) is 11.1 Å². The lowest BCUT2D eigenvalue weighted by Gasteiger charge is -2.25. The first-order valence-electron chi connectivity index (χ1n) is 7.52. The quantitative estimate of drug-likeness (QED) is 0.872. The summed E-state index contributed by atoms with van der Waals surface area (Å²) < 4.78 is 5.56. The van der Waals surface area contributed by atoms with Crippen LogP contribution in [0.3, 0.4) is 0 Å². The van der Waals surface area contributed by atoms with E-state index in [1.54, 1.807) is 0 Å². The van der Waals surface area contributed by atoms with Gasteiger partial charge in [-0.2, -0.15) is 0 Å². The number of carbonyl (C=O) groups is 1. The number of fused-ring (bicyclic) bond motifs is 1. The Hall–Kier alpha value is -1.39. The van der Waals surface area contributed by atoms with Crippen molar-refractivity contribution in [1.29, 1.82) is 0 Å². The second kappa shape index (κ2) is 6.37. The summed E-state index contributed by atoms with van der Waals surface area (Å²) in [5, 5.41) is 6.34. The number of benzene rings is 1. The summed E-state index contributed by atoms with van der Waals surface area (Å²) in [7, 11) is 0. The zero-order valence-corrected chi connectivity index (χ0v) is 11.7. The highest BCUT2D eigenvalue weighted by Crippen LogP contribution is 2.17. The van der Waals surface area contributed by atoms with E-state index in [0.717, 1.165) is 38.8 Å². The molecule has 1 unspecified atom stereocenters. The number of amides is 1. The molecule has 0 bridgehead atoms. The molecule has 1 aromatic rings. The molecule has 4 heteroatoms. The predicted octanol–water partition coefficient (Wildman–Crippen LogP) is 1.39. The molecule has 1 saturated heterocycles. The van der Waals surface area contributed by atoms with Crippen LogP contribution in [0.5, 0.6) is 0 Å². The van der Waals surface area contributed by atoms with Crippen LogP contribution in [0, 0.1) is 0 Å². The van der Waals surface area contributed by atoms with Crippen LogP contribution in [0.15, 0.2) is 24.3 Å². The largest absolute Gasteiger partial charge is 0.378 e. The Morgan fingerprint density at radius 3 is 3.00 bits per heavy atom. The number of hydrogen-bond donors (Lipinski definition) is 2. The van der Waals surface area contributed by atoms with Crippen LogP contribution in [-0.2, 0) is 22.5 Å². The molecule has 2 aliphatic rings. The predicted molar refractivity (Wildman–Crippen MR) is 77.4 cm³/mol. The van der Waals surface area contributed by atoms with Crippen molar-refractivity contribution < 1.29 is 9.53 Å². The third-order valence-corrected chi connectivity index (χ3v) is 4.19. The van der Waals surface area contributed by atoms with Crippen LogP contribution in [0.1, 0.15) is 30.4 Å². The van der Waals surface area contributed by atoms with E-state index in [2.05, 4.69) is 22.8 Å². The van der Waals surface area contributed by atoms with E-state index in [1.807, 2.05) is 12.1 Å². The van der Waals surface area contributed by atoms with Crippen molar-refractivity contribution in [2.75, 3.05) is 13.2 Å². The molecule has 0 aromatic heterocycles. The lowest BCUT2D eigenvalue weighted by atomic mass is 9.95. The minimum atomic E-state index is -0.102. The Kier molecular flexibility index (Phi) is 4.33. The van der Waals surface area contributed by atoms with Crippen molar-refractivity contribution in [1.82, 2.24) is 10.6 Å². The second-order valence-electron chi connectivity index (χ2n) is 5.62. The van der Waals surface area contributed by atoms with Crippen LogP contribution in [-0.4, -0.2) is 31.2 Å². The molecule has 1 fully saturated rings. The topological polar surface area (TPSA) is 50.4 Å². The van der Waals surface area contributed by atoms with Gasteiger partial charge in [0.2, 0.25) is 5.91 Å². The molecule has 0 spiro atoms. The standard InChI is InChI=1S/C16H22N2O2/c19-16(17-8-7-14-6-3-9-20-14)15-10-12-4-1-2-5-13(12)11-18-15/h1-2,4-5,14-15,18H,3,6-11H2,(H,17,19)/t14?,15-/m1/s1. The van der Waals surface area contributed by atoms with E-state index >= 15 is 0 Å². The van der Waals surface area contributed by atoms with E-state index in [-0.39, 0.29) is 11.9 Å². The highest BCUT2D eigenvalue weighted by atomic mass is 16.5. The van der Waals surface area contributed by atoms with Crippen molar-refractivity contribution in [3.8, 4) is 0 Å². The van der Waals surface area contributed by atoms with Crippen LogP contribution in [0.25, 0.3) is 0 Å². The Morgan fingerprint density at radius 2 is 2.20 bits per heavy atom. The normalized spacial score (nSPS) is 25.2. The van der Waals surface area contributed by atoms with Crippen molar-refractivity contribution in [2.45, 2.75) is 44.4 Å². The minimum Gasteiger partial charge on any atom is -0.378 e. The van der Waals surface area contributed by atoms with Gasteiger partial charge in [0.1, 0.15) is 0 Å². The average Bonchev–Trinajstić information content (AvgIpc) is 3.00. The molecule has 0 saturated carbocycles. The Labute approximate surface area is 119 Å². The molecular weight excluding hydrogens is 252 g/mol. The first kappa shape index (κ1) is 13.6. The number of ether oxygens (including phenoxy) is 1. The molecular formula is C16H22N2O2. The molecule has 2 aliphatic heterocycles. The number of nitrogens with one attached hydrogen (secondary N) is 2. The summed E-state index contributed by atoms with van der Waals surface area (Å²) in [4.78, 5) is 12.2. The van der Waals surface area contributed by atoms with Gasteiger partial charge in [0, 0.05) is 19.7 Å². The lowest BCUT2D eigenvalue weighted by molar-refractivity contribution is -0.123. The van der Waals surface area contributed by atoms with Gasteiger partial charge in [0.25, 0.3) is 0 Å².